The molecular formula is C10H21NO2. The SMILES string of the molecule is CCCCCC(C)C(=O)N(C)OC. The van der Waals surface area contributed by atoms with Gasteiger partial charge in [-0.1, -0.05) is 33.1 Å². The number of carbonyl (C=O) groups excluding carboxylic acids is 1. The molecule has 3 heteroatoms. The van der Waals surface area contributed by atoms with Crippen molar-refractivity contribution in [3.8, 4) is 0 Å². The average molecular weight is 187 g/mol. The predicted molar refractivity (Wildman–Crippen MR) is 53.1 cm³/mol. The second-order valence-corrected chi connectivity index (χ2v) is 3.42. The number of carbonyl (C=O) groups is 1. The number of hydrogen-bond acceptors (Lipinski definition) is 2. The quantitative estimate of drug-likeness (QED) is 0.471. The molecule has 13 heavy (non-hydrogen) atoms. The molecule has 0 bridgehead atoms. The number of nitrogens with zero attached hydrogens (tertiary/aromatic N) is 1. The van der Waals surface area contributed by atoms with Crippen molar-refractivity contribution >= 4 is 5.91 Å². The Labute approximate surface area is 81.0 Å². The molecule has 1 amide bonds. The predicted octanol–water partition coefficient (Wildman–Crippen LogP) is 2.22. The largest absolute Gasteiger partial charge is 0.275 e. The topological polar surface area (TPSA) is 29.5 Å². The molecule has 0 saturated carbocycles. The van der Waals surface area contributed by atoms with Gasteiger partial charge in [0.1, 0.15) is 0 Å². The maximum Gasteiger partial charge on any atom is 0.248 e. The van der Waals surface area contributed by atoms with E-state index >= 15 is 0 Å². The number of unbranched alkanes of at least 4 members (excludes halogenated alkanes) is 2. The third-order valence-electron chi connectivity index (χ3n) is 2.25. The zero-order chi connectivity index (χ0) is 10.3. The molecule has 78 valence electrons. The first-order chi connectivity index (χ1) is 6.13. The lowest BCUT2D eigenvalue weighted by molar-refractivity contribution is -0.173. The van der Waals surface area contributed by atoms with Crippen LogP contribution in [0.5, 0.6) is 0 Å². The van der Waals surface area contributed by atoms with Crippen molar-refractivity contribution in [1.82, 2.24) is 5.06 Å². The van der Waals surface area contributed by atoms with Crippen LogP contribution in [0.25, 0.3) is 0 Å². The minimum absolute atomic E-state index is 0.0682. The van der Waals surface area contributed by atoms with Crippen LogP contribution in [0.4, 0.5) is 0 Å². The molecule has 1 atom stereocenters. The van der Waals surface area contributed by atoms with Gasteiger partial charge in [0.2, 0.25) is 5.91 Å². The first-order valence-corrected chi connectivity index (χ1v) is 4.95. The van der Waals surface area contributed by atoms with Crippen LogP contribution in [0.2, 0.25) is 0 Å². The molecule has 0 aromatic carbocycles. The fraction of sp³-hybridized carbons (Fsp3) is 0.900. The molecular weight excluding hydrogens is 166 g/mol. The number of hydroxylamine groups is 2. The van der Waals surface area contributed by atoms with Gasteiger partial charge in [-0.25, -0.2) is 5.06 Å². The van der Waals surface area contributed by atoms with Gasteiger partial charge in [0, 0.05) is 13.0 Å². The molecule has 0 fully saturated rings. The van der Waals surface area contributed by atoms with Crippen LogP contribution in [-0.4, -0.2) is 25.1 Å². The lowest BCUT2D eigenvalue weighted by atomic mass is 10.0. The Morgan fingerprint density at radius 1 is 1.46 bits per heavy atom. The smallest absolute Gasteiger partial charge is 0.248 e. The van der Waals surface area contributed by atoms with Crippen molar-refractivity contribution in [3.05, 3.63) is 0 Å². The van der Waals surface area contributed by atoms with Crippen molar-refractivity contribution in [3.63, 3.8) is 0 Å². The summed E-state index contributed by atoms with van der Waals surface area (Å²) in [5, 5.41) is 1.30. The van der Waals surface area contributed by atoms with Gasteiger partial charge in [-0.3, -0.25) is 9.63 Å². The fourth-order valence-corrected chi connectivity index (χ4v) is 1.22. The standard InChI is InChI=1S/C10H21NO2/c1-5-6-7-8-9(2)10(12)11(3)13-4/h9H,5-8H2,1-4H3. The van der Waals surface area contributed by atoms with Gasteiger partial charge in [-0.05, 0) is 6.42 Å². The highest BCUT2D eigenvalue weighted by Crippen LogP contribution is 2.11. The monoisotopic (exact) mass is 187 g/mol. The van der Waals surface area contributed by atoms with Gasteiger partial charge in [0.05, 0.1) is 7.11 Å². The van der Waals surface area contributed by atoms with Crippen molar-refractivity contribution < 1.29 is 9.63 Å². The molecule has 0 radical (unpaired) electrons. The summed E-state index contributed by atoms with van der Waals surface area (Å²) in [6, 6.07) is 0. The highest BCUT2D eigenvalue weighted by Gasteiger charge is 2.16. The molecule has 1 unspecified atom stereocenters. The molecule has 3 nitrogen and oxygen atoms in total. The van der Waals surface area contributed by atoms with E-state index in [2.05, 4.69) is 6.92 Å². The van der Waals surface area contributed by atoms with Crippen molar-refractivity contribution in [2.45, 2.75) is 39.5 Å². The Kier molecular flexibility index (Phi) is 6.59. The average Bonchev–Trinajstić information content (AvgIpc) is 2.15. The van der Waals surface area contributed by atoms with Crippen LogP contribution < -0.4 is 0 Å². The molecule has 0 aliphatic rings. The first-order valence-electron chi connectivity index (χ1n) is 4.95. The van der Waals surface area contributed by atoms with Crippen LogP contribution in [0.15, 0.2) is 0 Å². The van der Waals surface area contributed by atoms with Crippen molar-refractivity contribution in [1.29, 1.82) is 0 Å². The van der Waals surface area contributed by atoms with Gasteiger partial charge in [-0.15, -0.1) is 0 Å². The Hall–Kier alpha value is -0.570. The zero-order valence-electron chi connectivity index (χ0n) is 9.17. The second-order valence-electron chi connectivity index (χ2n) is 3.42. The van der Waals surface area contributed by atoms with Gasteiger partial charge in [0.15, 0.2) is 0 Å². The lowest BCUT2D eigenvalue weighted by Crippen LogP contribution is -2.30. The molecule has 0 saturated heterocycles. The van der Waals surface area contributed by atoms with Gasteiger partial charge in [0.25, 0.3) is 0 Å². The molecule has 0 N–H and O–H groups in total. The number of amides is 1. The Morgan fingerprint density at radius 2 is 2.08 bits per heavy atom. The van der Waals surface area contributed by atoms with Gasteiger partial charge >= 0.3 is 0 Å². The van der Waals surface area contributed by atoms with Crippen LogP contribution in [0.3, 0.4) is 0 Å². The first kappa shape index (κ1) is 12.4. The lowest BCUT2D eigenvalue weighted by Gasteiger charge is -2.18. The van der Waals surface area contributed by atoms with Crippen LogP contribution in [-0.2, 0) is 9.63 Å². The van der Waals surface area contributed by atoms with E-state index in [0.29, 0.717) is 0 Å². The van der Waals surface area contributed by atoms with E-state index in [0.717, 1.165) is 12.8 Å². The van der Waals surface area contributed by atoms with Gasteiger partial charge in [-0.2, -0.15) is 0 Å². The number of hydrogen-bond donors (Lipinski definition) is 0. The highest BCUT2D eigenvalue weighted by atomic mass is 16.7. The van der Waals surface area contributed by atoms with Gasteiger partial charge < -0.3 is 0 Å². The molecule has 0 rings (SSSR count). The minimum Gasteiger partial charge on any atom is -0.275 e. The summed E-state index contributed by atoms with van der Waals surface area (Å²) in [6.45, 7) is 4.11. The summed E-state index contributed by atoms with van der Waals surface area (Å²) in [5.41, 5.74) is 0. The van der Waals surface area contributed by atoms with Crippen LogP contribution >= 0.6 is 0 Å². The third-order valence-corrected chi connectivity index (χ3v) is 2.25. The molecule has 0 aliphatic carbocycles. The third kappa shape index (κ3) is 4.88. The minimum atomic E-state index is 0.0682. The fourth-order valence-electron chi connectivity index (χ4n) is 1.22. The van der Waals surface area contributed by atoms with E-state index in [4.69, 9.17) is 4.84 Å². The zero-order valence-corrected chi connectivity index (χ0v) is 9.17. The summed E-state index contributed by atoms with van der Waals surface area (Å²) >= 11 is 0. The highest BCUT2D eigenvalue weighted by molar-refractivity contribution is 5.77. The summed E-state index contributed by atoms with van der Waals surface area (Å²) in [4.78, 5) is 16.3. The van der Waals surface area contributed by atoms with E-state index in [1.807, 2.05) is 6.92 Å². The normalized spacial score (nSPS) is 12.6. The summed E-state index contributed by atoms with van der Waals surface area (Å²) in [5.74, 6) is 0.148. The summed E-state index contributed by atoms with van der Waals surface area (Å²) in [7, 11) is 3.16. The van der Waals surface area contributed by atoms with Crippen LogP contribution in [0, 0.1) is 5.92 Å². The van der Waals surface area contributed by atoms with Crippen LogP contribution in [0.1, 0.15) is 39.5 Å². The molecule has 0 aliphatic heterocycles. The van der Waals surface area contributed by atoms with Crippen molar-refractivity contribution in [2.75, 3.05) is 14.2 Å². The summed E-state index contributed by atoms with van der Waals surface area (Å²) in [6.07, 6.45) is 4.48. The number of rotatable bonds is 6. The Balaban J connectivity index is 3.69. The molecule has 0 heterocycles. The van der Waals surface area contributed by atoms with E-state index in [9.17, 15) is 4.79 Å². The molecule has 0 aromatic rings. The molecule has 0 aromatic heterocycles. The van der Waals surface area contributed by atoms with E-state index in [1.165, 1.54) is 25.0 Å². The summed E-state index contributed by atoms with van der Waals surface area (Å²) < 4.78 is 0. The Morgan fingerprint density at radius 3 is 2.54 bits per heavy atom. The maximum atomic E-state index is 11.5. The van der Waals surface area contributed by atoms with E-state index in [-0.39, 0.29) is 11.8 Å². The van der Waals surface area contributed by atoms with E-state index < -0.39 is 0 Å². The second kappa shape index (κ2) is 6.89. The van der Waals surface area contributed by atoms with E-state index in [1.54, 1.807) is 7.05 Å². The maximum absolute atomic E-state index is 11.5. The molecule has 0 spiro atoms. The Bertz CT molecular complexity index is 148. The van der Waals surface area contributed by atoms with Crippen molar-refractivity contribution in [2.24, 2.45) is 5.92 Å².